The predicted molar refractivity (Wildman–Crippen MR) is 117 cm³/mol. The lowest BCUT2D eigenvalue weighted by Gasteiger charge is -2.28. The predicted octanol–water partition coefficient (Wildman–Crippen LogP) is 3.02. The summed E-state index contributed by atoms with van der Waals surface area (Å²) in [5.74, 6) is 0.880. The molecule has 1 N–H and O–H groups in total. The molecular formula is C22H24N4O4S. The van der Waals surface area contributed by atoms with Crippen LogP contribution in [0.25, 0.3) is 11.5 Å². The number of aryl methyl sites for hydroxylation is 1. The zero-order chi connectivity index (χ0) is 21.8. The lowest BCUT2D eigenvalue weighted by Crippen LogP contribution is -2.35. The smallest absolute Gasteiger partial charge is 0.247 e. The van der Waals surface area contributed by atoms with Crippen LogP contribution in [0.4, 0.5) is 5.69 Å². The van der Waals surface area contributed by atoms with Crippen molar-refractivity contribution in [3.05, 3.63) is 65.5 Å². The van der Waals surface area contributed by atoms with E-state index >= 15 is 0 Å². The van der Waals surface area contributed by atoms with E-state index in [0.717, 1.165) is 22.4 Å². The van der Waals surface area contributed by atoms with Crippen LogP contribution in [0.3, 0.4) is 0 Å². The topological polar surface area (TPSA) is 105 Å². The Morgan fingerprint density at radius 1 is 1.13 bits per heavy atom. The molecule has 162 valence electrons. The number of carbonyl (C=O) groups is 1. The van der Waals surface area contributed by atoms with Crippen LogP contribution in [0, 0.1) is 0 Å². The summed E-state index contributed by atoms with van der Waals surface area (Å²) in [6.45, 7) is 0.748. The molecule has 31 heavy (non-hydrogen) atoms. The van der Waals surface area contributed by atoms with E-state index in [1.807, 2.05) is 48.5 Å². The Bertz CT molecular complexity index is 1180. The fourth-order valence-corrected chi connectivity index (χ4v) is 4.45. The first-order chi connectivity index (χ1) is 14.9. The summed E-state index contributed by atoms with van der Waals surface area (Å²) < 4.78 is 30.8. The average Bonchev–Trinajstić information content (AvgIpc) is 3.22. The number of anilines is 1. The third kappa shape index (κ3) is 5.18. The van der Waals surface area contributed by atoms with Crippen LogP contribution in [0.2, 0.25) is 0 Å². The first-order valence-corrected chi connectivity index (χ1v) is 12.0. The third-order valence-corrected chi connectivity index (χ3v) is 6.51. The number of sulfonamides is 1. The van der Waals surface area contributed by atoms with Crippen LogP contribution in [0.1, 0.15) is 29.9 Å². The zero-order valence-electron chi connectivity index (χ0n) is 17.2. The Hall–Kier alpha value is -3.04. The molecule has 0 fully saturated rings. The van der Waals surface area contributed by atoms with Gasteiger partial charge in [0.2, 0.25) is 27.7 Å². The Labute approximate surface area is 181 Å². The van der Waals surface area contributed by atoms with Gasteiger partial charge in [0.1, 0.15) is 0 Å². The van der Waals surface area contributed by atoms with Crippen molar-refractivity contribution >= 4 is 21.6 Å². The van der Waals surface area contributed by atoms with Gasteiger partial charge in [0, 0.05) is 37.2 Å². The van der Waals surface area contributed by atoms with Gasteiger partial charge in [-0.3, -0.25) is 4.79 Å². The summed E-state index contributed by atoms with van der Waals surface area (Å²) in [4.78, 5) is 12.5. The molecule has 0 atom stereocenters. The largest absolute Gasteiger partial charge is 0.421 e. The highest BCUT2D eigenvalue weighted by Crippen LogP contribution is 2.27. The number of nitrogens with zero attached hydrogens (tertiary/aromatic N) is 3. The molecule has 0 saturated heterocycles. The second-order valence-electron chi connectivity index (χ2n) is 7.56. The quantitative estimate of drug-likeness (QED) is 0.605. The van der Waals surface area contributed by atoms with Gasteiger partial charge in [-0.2, -0.15) is 4.31 Å². The van der Waals surface area contributed by atoms with Crippen LogP contribution in [-0.4, -0.2) is 41.6 Å². The molecule has 0 bridgehead atoms. The number of rotatable bonds is 7. The molecule has 4 rings (SSSR count). The summed E-state index contributed by atoms with van der Waals surface area (Å²) in [7, 11) is -3.23. The van der Waals surface area contributed by atoms with Crippen LogP contribution < -0.4 is 5.32 Å². The van der Waals surface area contributed by atoms with Crippen molar-refractivity contribution in [3.63, 3.8) is 0 Å². The maximum absolute atomic E-state index is 12.5. The van der Waals surface area contributed by atoms with Gasteiger partial charge in [0.05, 0.1) is 6.26 Å². The van der Waals surface area contributed by atoms with Gasteiger partial charge in [0.15, 0.2) is 0 Å². The molecule has 1 aromatic heterocycles. The molecule has 0 aliphatic carbocycles. The van der Waals surface area contributed by atoms with Crippen LogP contribution in [0.15, 0.2) is 52.9 Å². The maximum Gasteiger partial charge on any atom is 0.247 e. The van der Waals surface area contributed by atoms with Crippen LogP contribution in [-0.2, 0) is 34.2 Å². The van der Waals surface area contributed by atoms with Gasteiger partial charge in [-0.15, -0.1) is 10.2 Å². The standard InChI is InChI=1S/C22H24N4O4S/c1-31(28,29)26-14-13-18-17(15-26)9-5-10-19(18)23-20(27)11-6-12-21-24-25-22(30-21)16-7-3-2-4-8-16/h2-5,7-10H,6,11-15H2,1H3,(H,23,27). The molecule has 9 heteroatoms. The minimum absolute atomic E-state index is 0.0956. The molecule has 3 aromatic rings. The second kappa shape index (κ2) is 8.99. The first-order valence-electron chi connectivity index (χ1n) is 10.1. The Morgan fingerprint density at radius 3 is 2.71 bits per heavy atom. The van der Waals surface area contributed by atoms with E-state index in [1.54, 1.807) is 0 Å². The molecule has 1 aliphatic rings. The number of carbonyl (C=O) groups excluding carboxylic acids is 1. The van der Waals surface area contributed by atoms with Crippen molar-refractivity contribution in [2.75, 3.05) is 18.1 Å². The molecule has 0 radical (unpaired) electrons. The molecule has 0 spiro atoms. The van der Waals surface area contributed by atoms with Gasteiger partial charge in [-0.25, -0.2) is 8.42 Å². The average molecular weight is 441 g/mol. The molecule has 0 saturated carbocycles. The van der Waals surface area contributed by atoms with E-state index < -0.39 is 10.0 Å². The molecule has 0 unspecified atom stereocenters. The summed E-state index contributed by atoms with van der Waals surface area (Å²) in [5, 5.41) is 11.1. The molecule has 1 amide bonds. The van der Waals surface area contributed by atoms with Gasteiger partial charge in [-0.05, 0) is 42.2 Å². The summed E-state index contributed by atoms with van der Waals surface area (Å²) in [5.41, 5.74) is 3.54. The Balaban J connectivity index is 1.32. The van der Waals surface area contributed by atoms with Crippen molar-refractivity contribution in [2.24, 2.45) is 0 Å². The van der Waals surface area contributed by atoms with Gasteiger partial charge < -0.3 is 9.73 Å². The highest BCUT2D eigenvalue weighted by atomic mass is 32.2. The van der Waals surface area contributed by atoms with Gasteiger partial charge >= 0.3 is 0 Å². The fourth-order valence-electron chi connectivity index (χ4n) is 3.65. The van der Waals surface area contributed by atoms with E-state index in [9.17, 15) is 13.2 Å². The molecule has 8 nitrogen and oxygen atoms in total. The maximum atomic E-state index is 12.5. The van der Waals surface area contributed by atoms with Crippen LogP contribution >= 0.6 is 0 Å². The third-order valence-electron chi connectivity index (χ3n) is 5.26. The summed E-state index contributed by atoms with van der Waals surface area (Å²) >= 11 is 0. The normalized spacial score (nSPS) is 14.2. The summed E-state index contributed by atoms with van der Waals surface area (Å²) in [6, 6.07) is 15.1. The van der Waals surface area contributed by atoms with E-state index in [2.05, 4.69) is 15.5 Å². The van der Waals surface area contributed by atoms with Crippen molar-refractivity contribution in [1.82, 2.24) is 14.5 Å². The first kappa shape index (κ1) is 21.2. The molecule has 2 aromatic carbocycles. The highest BCUT2D eigenvalue weighted by Gasteiger charge is 2.24. The van der Waals surface area contributed by atoms with E-state index in [-0.39, 0.29) is 5.91 Å². The minimum atomic E-state index is -3.23. The lowest BCUT2D eigenvalue weighted by molar-refractivity contribution is -0.116. The molecule has 2 heterocycles. The minimum Gasteiger partial charge on any atom is -0.421 e. The number of amides is 1. The number of fused-ring (bicyclic) bond motifs is 1. The summed E-state index contributed by atoms with van der Waals surface area (Å²) in [6.07, 6.45) is 3.21. The number of hydrogen-bond donors (Lipinski definition) is 1. The Kier molecular flexibility index (Phi) is 6.15. The zero-order valence-corrected chi connectivity index (χ0v) is 18.1. The number of benzene rings is 2. The monoisotopic (exact) mass is 440 g/mol. The van der Waals surface area contributed by atoms with Crippen molar-refractivity contribution in [1.29, 1.82) is 0 Å². The van der Waals surface area contributed by atoms with Crippen molar-refractivity contribution in [2.45, 2.75) is 32.2 Å². The van der Waals surface area contributed by atoms with E-state index in [1.165, 1.54) is 10.6 Å². The molecular weight excluding hydrogens is 416 g/mol. The lowest BCUT2D eigenvalue weighted by atomic mass is 9.99. The highest BCUT2D eigenvalue weighted by molar-refractivity contribution is 7.88. The van der Waals surface area contributed by atoms with Crippen LogP contribution in [0.5, 0.6) is 0 Å². The van der Waals surface area contributed by atoms with Gasteiger partial charge in [0.25, 0.3) is 0 Å². The van der Waals surface area contributed by atoms with Gasteiger partial charge in [-0.1, -0.05) is 30.3 Å². The molecule has 1 aliphatic heterocycles. The Morgan fingerprint density at radius 2 is 1.94 bits per heavy atom. The van der Waals surface area contributed by atoms with Crippen molar-refractivity contribution in [3.8, 4) is 11.5 Å². The number of hydrogen-bond acceptors (Lipinski definition) is 6. The van der Waals surface area contributed by atoms with E-state index in [4.69, 9.17) is 4.42 Å². The number of nitrogens with one attached hydrogen (secondary N) is 1. The SMILES string of the molecule is CS(=O)(=O)N1CCc2c(cccc2NC(=O)CCCc2nnc(-c3ccccc3)o2)C1. The number of aromatic nitrogens is 2. The van der Waals surface area contributed by atoms with E-state index in [0.29, 0.717) is 50.6 Å². The fraction of sp³-hybridized carbons (Fsp3) is 0.318. The second-order valence-corrected chi connectivity index (χ2v) is 9.54. The van der Waals surface area contributed by atoms with Crippen molar-refractivity contribution < 1.29 is 17.6 Å².